The van der Waals surface area contributed by atoms with Crippen LogP contribution in [0.4, 0.5) is 0 Å². The van der Waals surface area contributed by atoms with Crippen LogP contribution in [-0.2, 0) is 24.3 Å². The number of carbonyl (C=O) groups excluding carboxylic acids is 2. The smallest absolute Gasteiger partial charge is 0.307 e. The molecule has 1 heterocycles. The second kappa shape index (κ2) is 9.17. The molecular weight excluding hydrogens is 382 g/mol. The molecule has 0 saturated carbocycles. The Bertz CT molecular complexity index is 883. The van der Waals surface area contributed by atoms with Gasteiger partial charge in [0.05, 0.1) is 11.3 Å². The number of piperazine rings is 1. The number of nitriles is 1. The fraction of sp³-hybridized carbons (Fsp3) is 0.526. The summed E-state index contributed by atoms with van der Waals surface area (Å²) >= 11 is 0. The van der Waals surface area contributed by atoms with E-state index >= 15 is 0 Å². The highest BCUT2D eigenvalue weighted by Crippen LogP contribution is 2.22. The molecule has 0 unspecified atom stereocenters. The predicted octanol–water partition coefficient (Wildman–Crippen LogP) is 1.37. The molecule has 8 nitrogen and oxygen atoms in total. The van der Waals surface area contributed by atoms with Gasteiger partial charge in [0.15, 0.2) is 6.10 Å². The zero-order valence-electron chi connectivity index (χ0n) is 16.3. The van der Waals surface area contributed by atoms with Crippen LogP contribution in [0.1, 0.15) is 30.9 Å². The molecule has 1 aliphatic heterocycles. The number of amides is 1. The highest BCUT2D eigenvalue weighted by molar-refractivity contribution is 7.89. The summed E-state index contributed by atoms with van der Waals surface area (Å²) in [6, 6.07) is 7.10. The molecule has 1 saturated heterocycles. The fourth-order valence-corrected chi connectivity index (χ4v) is 4.68. The van der Waals surface area contributed by atoms with Gasteiger partial charge in [-0.05, 0) is 38.0 Å². The van der Waals surface area contributed by atoms with Gasteiger partial charge in [-0.2, -0.15) is 9.57 Å². The first kappa shape index (κ1) is 21.9. The highest BCUT2D eigenvalue weighted by atomic mass is 32.2. The molecule has 0 radical (unpaired) electrons. The molecule has 1 aliphatic rings. The lowest BCUT2D eigenvalue weighted by molar-refractivity contribution is -0.148. The number of aryl methyl sites for hydroxylation is 2. The van der Waals surface area contributed by atoms with Crippen LogP contribution in [0.25, 0.3) is 0 Å². The summed E-state index contributed by atoms with van der Waals surface area (Å²) in [6.07, 6.45) is -0.978. The van der Waals surface area contributed by atoms with Crippen LogP contribution in [0.5, 0.6) is 0 Å². The number of ether oxygens (including phenoxy) is 1. The van der Waals surface area contributed by atoms with Crippen molar-refractivity contribution >= 4 is 21.9 Å². The van der Waals surface area contributed by atoms with Crippen LogP contribution in [0.2, 0.25) is 0 Å². The number of hydrogen-bond donors (Lipinski definition) is 0. The molecule has 28 heavy (non-hydrogen) atoms. The minimum Gasteiger partial charge on any atom is -0.447 e. The van der Waals surface area contributed by atoms with Crippen molar-refractivity contribution in [2.45, 2.75) is 44.6 Å². The van der Waals surface area contributed by atoms with Crippen LogP contribution < -0.4 is 0 Å². The summed E-state index contributed by atoms with van der Waals surface area (Å²) in [5, 5.41) is 8.61. The third-order valence-electron chi connectivity index (χ3n) is 4.59. The number of hydrogen-bond acceptors (Lipinski definition) is 6. The van der Waals surface area contributed by atoms with Crippen molar-refractivity contribution in [2.24, 2.45) is 0 Å². The van der Waals surface area contributed by atoms with E-state index in [-0.39, 0.29) is 44.9 Å². The quantitative estimate of drug-likeness (QED) is 0.659. The molecule has 1 amide bonds. The van der Waals surface area contributed by atoms with Gasteiger partial charge in [-0.25, -0.2) is 8.42 Å². The highest BCUT2D eigenvalue weighted by Gasteiger charge is 2.31. The number of benzene rings is 1. The molecule has 152 valence electrons. The average molecular weight is 407 g/mol. The predicted molar refractivity (Wildman–Crippen MR) is 102 cm³/mol. The Labute approximate surface area is 165 Å². The second-order valence-corrected chi connectivity index (χ2v) is 8.72. The topological polar surface area (TPSA) is 108 Å². The molecule has 1 fully saturated rings. The number of nitrogens with zero attached hydrogens (tertiary/aromatic N) is 3. The van der Waals surface area contributed by atoms with Gasteiger partial charge in [0.1, 0.15) is 6.07 Å². The second-order valence-electron chi connectivity index (χ2n) is 6.82. The van der Waals surface area contributed by atoms with E-state index in [1.54, 1.807) is 30.0 Å². The fourth-order valence-electron chi connectivity index (χ4n) is 2.95. The minimum atomic E-state index is -3.62. The molecule has 0 spiro atoms. The van der Waals surface area contributed by atoms with Gasteiger partial charge in [-0.1, -0.05) is 12.1 Å². The molecule has 0 bridgehead atoms. The van der Waals surface area contributed by atoms with Crippen LogP contribution in [0.15, 0.2) is 23.1 Å². The number of rotatable bonds is 6. The minimum absolute atomic E-state index is 0.0271. The number of esters is 1. The summed E-state index contributed by atoms with van der Waals surface area (Å²) in [4.78, 5) is 25.7. The van der Waals surface area contributed by atoms with Crippen LogP contribution in [-0.4, -0.2) is 61.8 Å². The van der Waals surface area contributed by atoms with E-state index in [1.807, 2.05) is 13.0 Å². The van der Waals surface area contributed by atoms with E-state index in [1.165, 1.54) is 11.2 Å². The van der Waals surface area contributed by atoms with E-state index in [0.29, 0.717) is 10.5 Å². The molecule has 0 N–H and O–H groups in total. The first-order valence-corrected chi connectivity index (χ1v) is 10.5. The number of sulfonamides is 1. The van der Waals surface area contributed by atoms with Gasteiger partial charge in [-0.15, -0.1) is 0 Å². The Morgan fingerprint density at radius 1 is 1.18 bits per heavy atom. The maximum atomic E-state index is 12.9. The molecule has 1 atom stereocenters. The van der Waals surface area contributed by atoms with Crippen molar-refractivity contribution in [3.8, 4) is 6.07 Å². The Morgan fingerprint density at radius 3 is 2.43 bits per heavy atom. The summed E-state index contributed by atoms with van der Waals surface area (Å²) < 4.78 is 32.0. The SMILES string of the molecule is Cc1ccc(C)c(S(=O)(=O)N2CCN(C(=O)CCC(=O)O[C@H](C)C#N)CC2)c1. The van der Waals surface area contributed by atoms with Gasteiger partial charge in [0.2, 0.25) is 15.9 Å². The lowest BCUT2D eigenvalue weighted by Crippen LogP contribution is -2.50. The monoisotopic (exact) mass is 407 g/mol. The molecule has 9 heteroatoms. The number of carbonyl (C=O) groups is 2. The van der Waals surface area contributed by atoms with E-state index in [4.69, 9.17) is 10.00 Å². The normalized spacial score (nSPS) is 16.3. The largest absolute Gasteiger partial charge is 0.447 e. The summed E-state index contributed by atoms with van der Waals surface area (Å²) in [7, 11) is -3.62. The zero-order valence-corrected chi connectivity index (χ0v) is 17.2. The van der Waals surface area contributed by atoms with E-state index in [2.05, 4.69) is 0 Å². The summed E-state index contributed by atoms with van der Waals surface area (Å²) in [6.45, 7) is 6.01. The van der Waals surface area contributed by atoms with Crippen LogP contribution in [0, 0.1) is 25.2 Å². The maximum Gasteiger partial charge on any atom is 0.307 e. The lowest BCUT2D eigenvalue weighted by atomic mass is 10.2. The van der Waals surface area contributed by atoms with Gasteiger partial charge in [-0.3, -0.25) is 9.59 Å². The zero-order chi connectivity index (χ0) is 20.9. The van der Waals surface area contributed by atoms with Crippen molar-refractivity contribution in [3.63, 3.8) is 0 Å². The van der Waals surface area contributed by atoms with E-state index < -0.39 is 22.1 Å². The Hall–Kier alpha value is -2.44. The molecule has 0 aromatic heterocycles. The van der Waals surface area contributed by atoms with Gasteiger partial charge >= 0.3 is 5.97 Å². The Kier molecular flexibility index (Phi) is 7.16. The molecular formula is C19H25N3O5S. The van der Waals surface area contributed by atoms with Crippen molar-refractivity contribution in [1.29, 1.82) is 5.26 Å². The Balaban J connectivity index is 1.91. The molecule has 1 aromatic rings. The van der Waals surface area contributed by atoms with Gasteiger partial charge < -0.3 is 9.64 Å². The van der Waals surface area contributed by atoms with Crippen molar-refractivity contribution in [3.05, 3.63) is 29.3 Å². The van der Waals surface area contributed by atoms with Crippen LogP contribution >= 0.6 is 0 Å². The third kappa shape index (κ3) is 5.30. The third-order valence-corrected chi connectivity index (χ3v) is 6.63. The standard InChI is InChI=1S/C19H25N3O5S/c1-14-4-5-15(2)17(12-14)28(25,26)22-10-8-21(9-11-22)18(23)6-7-19(24)27-16(3)13-20/h4-5,12,16H,6-11H2,1-3H3/t16-/m1/s1. The lowest BCUT2D eigenvalue weighted by Gasteiger charge is -2.34. The summed E-state index contributed by atoms with van der Waals surface area (Å²) in [5.41, 5.74) is 1.56. The first-order valence-electron chi connectivity index (χ1n) is 9.09. The van der Waals surface area contributed by atoms with Crippen molar-refractivity contribution < 1.29 is 22.7 Å². The maximum absolute atomic E-state index is 12.9. The molecule has 0 aliphatic carbocycles. The van der Waals surface area contributed by atoms with Gasteiger partial charge in [0, 0.05) is 32.6 Å². The van der Waals surface area contributed by atoms with Crippen molar-refractivity contribution in [2.75, 3.05) is 26.2 Å². The van der Waals surface area contributed by atoms with Crippen molar-refractivity contribution in [1.82, 2.24) is 9.21 Å². The molecule has 2 rings (SSSR count). The Morgan fingerprint density at radius 2 is 1.82 bits per heavy atom. The summed E-state index contributed by atoms with van der Waals surface area (Å²) in [5.74, 6) is -0.830. The first-order chi connectivity index (χ1) is 13.1. The average Bonchev–Trinajstić information content (AvgIpc) is 2.67. The van der Waals surface area contributed by atoms with Crippen LogP contribution in [0.3, 0.4) is 0 Å². The van der Waals surface area contributed by atoms with Gasteiger partial charge in [0.25, 0.3) is 0 Å². The molecule has 1 aromatic carbocycles. The van der Waals surface area contributed by atoms with E-state index in [0.717, 1.165) is 5.56 Å². The van der Waals surface area contributed by atoms with E-state index in [9.17, 15) is 18.0 Å².